The zero-order valence-corrected chi connectivity index (χ0v) is 12.2. The van der Waals surface area contributed by atoms with Crippen molar-refractivity contribution < 1.29 is 19.4 Å². The third-order valence-electron chi connectivity index (χ3n) is 3.85. The van der Waals surface area contributed by atoms with Gasteiger partial charge in [-0.1, -0.05) is 30.5 Å². The van der Waals surface area contributed by atoms with Gasteiger partial charge in [-0.15, -0.1) is 0 Å². The Hall–Kier alpha value is -2.04. The molecule has 1 fully saturated rings. The van der Waals surface area contributed by atoms with Gasteiger partial charge in [0.2, 0.25) is 0 Å². The van der Waals surface area contributed by atoms with Crippen LogP contribution in [0.2, 0.25) is 0 Å². The Morgan fingerprint density at radius 1 is 1.24 bits per heavy atom. The molecule has 0 unspecified atom stereocenters. The minimum absolute atomic E-state index is 0.0245. The number of amides is 1. The molecule has 2 rings (SSSR count). The summed E-state index contributed by atoms with van der Waals surface area (Å²) in [6, 6.07) is 7.45. The summed E-state index contributed by atoms with van der Waals surface area (Å²) in [4.78, 5) is 23.0. The summed E-state index contributed by atoms with van der Waals surface area (Å²) in [7, 11) is 0. The monoisotopic (exact) mass is 291 g/mol. The number of rotatable bonds is 6. The van der Waals surface area contributed by atoms with E-state index in [0.29, 0.717) is 5.75 Å². The number of hydrogen-bond acceptors (Lipinski definition) is 3. The van der Waals surface area contributed by atoms with Gasteiger partial charge in [-0.3, -0.25) is 9.59 Å². The number of benzene rings is 1. The van der Waals surface area contributed by atoms with Crippen molar-refractivity contribution in [2.75, 3.05) is 6.61 Å². The topological polar surface area (TPSA) is 75.6 Å². The van der Waals surface area contributed by atoms with Crippen LogP contribution in [0.25, 0.3) is 0 Å². The van der Waals surface area contributed by atoms with Crippen LogP contribution in [-0.2, 0) is 9.59 Å². The Morgan fingerprint density at radius 2 is 1.86 bits per heavy atom. The van der Waals surface area contributed by atoms with Crippen LogP contribution in [0.4, 0.5) is 0 Å². The van der Waals surface area contributed by atoms with Gasteiger partial charge in [0.25, 0.3) is 5.91 Å². The molecule has 21 heavy (non-hydrogen) atoms. The molecule has 0 saturated heterocycles. The second-order valence-electron chi connectivity index (χ2n) is 5.71. The summed E-state index contributed by atoms with van der Waals surface area (Å²) in [5.41, 5.74) is 0.526. The molecule has 0 aromatic heterocycles. The molecule has 0 aliphatic heterocycles. The number of carbonyl (C=O) groups excluding carboxylic acids is 1. The van der Waals surface area contributed by atoms with Gasteiger partial charge in [0, 0.05) is 0 Å². The minimum Gasteiger partial charge on any atom is -0.484 e. The van der Waals surface area contributed by atoms with Gasteiger partial charge < -0.3 is 15.2 Å². The molecule has 114 valence electrons. The summed E-state index contributed by atoms with van der Waals surface area (Å²) in [6.45, 7) is 1.89. The summed E-state index contributed by atoms with van der Waals surface area (Å²) in [6.07, 6.45) is 3.31. The first-order valence-electron chi connectivity index (χ1n) is 7.21. The van der Waals surface area contributed by atoms with Crippen molar-refractivity contribution in [3.63, 3.8) is 0 Å². The highest BCUT2D eigenvalue weighted by molar-refractivity contribution is 5.79. The van der Waals surface area contributed by atoms with Crippen LogP contribution in [0.3, 0.4) is 0 Å². The predicted octanol–water partition coefficient (Wildman–Crippen LogP) is 2.28. The normalized spacial score (nSPS) is 16.4. The quantitative estimate of drug-likeness (QED) is 0.843. The van der Waals surface area contributed by atoms with Crippen molar-refractivity contribution in [1.82, 2.24) is 5.32 Å². The van der Waals surface area contributed by atoms with Gasteiger partial charge in [0.1, 0.15) is 5.75 Å². The summed E-state index contributed by atoms with van der Waals surface area (Å²) >= 11 is 0. The summed E-state index contributed by atoms with van der Waals surface area (Å²) in [5.74, 6) is -0.509. The fraction of sp³-hybridized carbons (Fsp3) is 0.500. The number of carbonyl (C=O) groups is 2. The summed E-state index contributed by atoms with van der Waals surface area (Å²) in [5, 5.41) is 11.9. The average Bonchev–Trinajstić information content (AvgIpc) is 2.85. The van der Waals surface area contributed by atoms with Crippen LogP contribution in [0.15, 0.2) is 24.3 Å². The van der Waals surface area contributed by atoms with E-state index < -0.39 is 11.5 Å². The standard InChI is InChI=1S/C16H21NO4/c1-12-4-6-13(7-5-12)21-11-14(18)17-16(10-15(19)20)8-2-3-9-16/h4-7H,2-3,8-11H2,1H3,(H,17,18)(H,19,20). The van der Waals surface area contributed by atoms with E-state index in [-0.39, 0.29) is 18.9 Å². The first-order chi connectivity index (χ1) is 9.99. The fourth-order valence-corrected chi connectivity index (χ4v) is 2.80. The van der Waals surface area contributed by atoms with Crippen molar-refractivity contribution in [3.8, 4) is 5.75 Å². The van der Waals surface area contributed by atoms with Gasteiger partial charge in [-0.2, -0.15) is 0 Å². The van der Waals surface area contributed by atoms with Crippen molar-refractivity contribution >= 4 is 11.9 Å². The van der Waals surface area contributed by atoms with Crippen LogP contribution < -0.4 is 10.1 Å². The molecule has 0 spiro atoms. The number of carboxylic acid groups (broad SMARTS) is 1. The maximum absolute atomic E-state index is 12.0. The molecule has 5 nitrogen and oxygen atoms in total. The fourth-order valence-electron chi connectivity index (χ4n) is 2.80. The molecule has 0 atom stereocenters. The molecule has 1 aliphatic carbocycles. The highest BCUT2D eigenvalue weighted by Crippen LogP contribution is 2.32. The number of ether oxygens (including phenoxy) is 1. The summed E-state index contributed by atoms with van der Waals surface area (Å²) < 4.78 is 5.42. The Morgan fingerprint density at radius 3 is 2.43 bits per heavy atom. The van der Waals surface area contributed by atoms with Gasteiger partial charge in [-0.05, 0) is 31.9 Å². The molecular weight excluding hydrogens is 270 g/mol. The molecule has 0 heterocycles. The highest BCUT2D eigenvalue weighted by atomic mass is 16.5. The largest absolute Gasteiger partial charge is 0.484 e. The smallest absolute Gasteiger partial charge is 0.305 e. The first kappa shape index (κ1) is 15.4. The SMILES string of the molecule is Cc1ccc(OCC(=O)NC2(CC(=O)O)CCCC2)cc1. The minimum atomic E-state index is -0.878. The lowest BCUT2D eigenvalue weighted by Crippen LogP contribution is -2.49. The second kappa shape index (κ2) is 6.61. The van der Waals surface area contributed by atoms with Crippen LogP contribution in [-0.4, -0.2) is 29.1 Å². The lowest BCUT2D eigenvalue weighted by Gasteiger charge is -2.28. The Bertz CT molecular complexity index is 504. The van der Waals surface area contributed by atoms with E-state index >= 15 is 0 Å². The maximum atomic E-state index is 12.0. The first-order valence-corrected chi connectivity index (χ1v) is 7.21. The number of aryl methyl sites for hydroxylation is 1. The van der Waals surface area contributed by atoms with E-state index in [4.69, 9.17) is 9.84 Å². The predicted molar refractivity (Wildman–Crippen MR) is 78.3 cm³/mol. The number of carboxylic acids is 1. The third kappa shape index (κ3) is 4.48. The molecular formula is C16H21NO4. The van der Waals surface area contributed by atoms with Crippen LogP contribution >= 0.6 is 0 Å². The van der Waals surface area contributed by atoms with E-state index in [1.807, 2.05) is 31.2 Å². The van der Waals surface area contributed by atoms with Crippen LogP contribution in [0.5, 0.6) is 5.75 Å². The van der Waals surface area contributed by atoms with Gasteiger partial charge in [0.05, 0.1) is 12.0 Å². The van der Waals surface area contributed by atoms with Gasteiger partial charge in [0.15, 0.2) is 6.61 Å². The maximum Gasteiger partial charge on any atom is 0.305 e. The molecule has 1 aromatic rings. The molecule has 1 amide bonds. The number of aliphatic carboxylic acids is 1. The van der Waals surface area contributed by atoms with Gasteiger partial charge in [-0.25, -0.2) is 0 Å². The molecule has 0 bridgehead atoms. The van der Waals surface area contributed by atoms with E-state index in [2.05, 4.69) is 5.32 Å². The van der Waals surface area contributed by atoms with Crippen molar-refractivity contribution in [2.45, 2.75) is 44.6 Å². The number of nitrogens with one attached hydrogen (secondary N) is 1. The van der Waals surface area contributed by atoms with Crippen LogP contribution in [0.1, 0.15) is 37.7 Å². The van der Waals surface area contributed by atoms with E-state index in [0.717, 1.165) is 31.2 Å². The molecule has 1 aliphatic rings. The third-order valence-corrected chi connectivity index (χ3v) is 3.85. The Labute approximate surface area is 124 Å². The number of hydrogen-bond donors (Lipinski definition) is 2. The van der Waals surface area contributed by atoms with Crippen molar-refractivity contribution in [3.05, 3.63) is 29.8 Å². The Balaban J connectivity index is 1.87. The second-order valence-corrected chi connectivity index (χ2v) is 5.71. The lowest BCUT2D eigenvalue weighted by molar-refractivity contribution is -0.139. The molecule has 1 saturated carbocycles. The Kier molecular flexibility index (Phi) is 4.83. The van der Waals surface area contributed by atoms with Crippen molar-refractivity contribution in [2.24, 2.45) is 0 Å². The molecule has 5 heteroatoms. The van der Waals surface area contributed by atoms with E-state index in [1.165, 1.54) is 0 Å². The lowest BCUT2D eigenvalue weighted by atomic mass is 9.93. The van der Waals surface area contributed by atoms with Crippen molar-refractivity contribution in [1.29, 1.82) is 0 Å². The van der Waals surface area contributed by atoms with Gasteiger partial charge >= 0.3 is 5.97 Å². The van der Waals surface area contributed by atoms with Crippen LogP contribution in [0, 0.1) is 6.92 Å². The molecule has 1 aromatic carbocycles. The van der Waals surface area contributed by atoms with E-state index in [1.54, 1.807) is 0 Å². The van der Waals surface area contributed by atoms with E-state index in [9.17, 15) is 9.59 Å². The molecule has 2 N–H and O–H groups in total. The zero-order chi connectivity index (χ0) is 15.3. The highest BCUT2D eigenvalue weighted by Gasteiger charge is 2.37. The molecule has 0 radical (unpaired) electrons. The zero-order valence-electron chi connectivity index (χ0n) is 12.2. The average molecular weight is 291 g/mol.